The molecular formula is C13H22N4O5S. The molecule has 1 aliphatic rings. The maximum absolute atomic E-state index is 12.4. The summed E-state index contributed by atoms with van der Waals surface area (Å²) < 4.78 is 24.5. The second-order valence-electron chi connectivity index (χ2n) is 6.08. The van der Waals surface area contributed by atoms with Crippen molar-refractivity contribution < 1.29 is 23.4 Å². The fraction of sp³-hybridized carbons (Fsp3) is 0.692. The summed E-state index contributed by atoms with van der Waals surface area (Å²) in [6, 6.07) is 0. The van der Waals surface area contributed by atoms with Gasteiger partial charge in [-0.2, -0.15) is 5.10 Å². The Kier molecular flexibility index (Phi) is 4.81. The van der Waals surface area contributed by atoms with Crippen LogP contribution in [0, 0.1) is 13.8 Å². The highest BCUT2D eigenvalue weighted by atomic mass is 32.2. The van der Waals surface area contributed by atoms with Crippen LogP contribution in [0.1, 0.15) is 17.0 Å². The number of carbonyl (C=O) groups is 1. The van der Waals surface area contributed by atoms with Crippen LogP contribution in [0.3, 0.4) is 0 Å². The number of β-amino-alcohol motifs (C(OH)–C–C–N with tert-alkyl or cyclic N) is 2. The van der Waals surface area contributed by atoms with Gasteiger partial charge in [0.05, 0.1) is 24.9 Å². The summed E-state index contributed by atoms with van der Waals surface area (Å²) >= 11 is 0. The number of amides is 1. The van der Waals surface area contributed by atoms with Crippen LogP contribution in [-0.4, -0.2) is 77.2 Å². The quantitative estimate of drug-likeness (QED) is 0.489. The summed E-state index contributed by atoms with van der Waals surface area (Å²) in [6.45, 7) is 3.08. The van der Waals surface area contributed by atoms with E-state index in [4.69, 9.17) is 0 Å². The molecule has 4 N–H and O–H groups in total. The maximum atomic E-state index is 12.4. The first-order valence-corrected chi connectivity index (χ1v) is 9.04. The first-order valence-electron chi connectivity index (χ1n) is 7.15. The fourth-order valence-electron chi connectivity index (χ4n) is 2.60. The smallest absolute Gasteiger partial charge is 0.227 e. The average molecular weight is 346 g/mol. The van der Waals surface area contributed by atoms with E-state index in [2.05, 4.69) is 14.9 Å². The molecule has 1 saturated heterocycles. The zero-order valence-electron chi connectivity index (χ0n) is 13.3. The molecule has 23 heavy (non-hydrogen) atoms. The Hall–Kier alpha value is -1.49. The van der Waals surface area contributed by atoms with Crippen molar-refractivity contribution in [2.45, 2.75) is 32.0 Å². The maximum Gasteiger partial charge on any atom is 0.227 e. The third-order valence-corrected chi connectivity index (χ3v) is 4.75. The number of aliphatic hydroxyl groups excluding tert-OH is 1. The molecule has 2 atom stereocenters. The second kappa shape index (κ2) is 6.19. The zero-order chi connectivity index (χ0) is 17.4. The predicted molar refractivity (Wildman–Crippen MR) is 82.1 cm³/mol. The molecule has 0 aromatic carbocycles. The fourth-order valence-corrected chi connectivity index (χ4v) is 3.11. The number of hydrogen-bond donors (Lipinski definition) is 4. The number of nitrogens with one attached hydrogen (secondary N) is 2. The van der Waals surface area contributed by atoms with Crippen LogP contribution in [0.2, 0.25) is 0 Å². The average Bonchev–Trinajstić information content (AvgIpc) is 2.91. The number of rotatable bonds is 5. The number of hydrogen-bond acceptors (Lipinski definition) is 6. The number of sulfonamides is 1. The number of H-pyrrole nitrogens is 1. The van der Waals surface area contributed by atoms with Crippen molar-refractivity contribution in [2.24, 2.45) is 0 Å². The second-order valence-corrected chi connectivity index (χ2v) is 7.91. The van der Waals surface area contributed by atoms with Gasteiger partial charge in [0.15, 0.2) is 0 Å². The molecule has 0 saturated carbocycles. The van der Waals surface area contributed by atoms with Gasteiger partial charge in [-0.3, -0.25) is 9.89 Å². The van der Waals surface area contributed by atoms with Crippen molar-refractivity contribution in [3.8, 4) is 0 Å². The molecular weight excluding hydrogens is 324 g/mol. The molecule has 10 heteroatoms. The van der Waals surface area contributed by atoms with E-state index >= 15 is 0 Å². The molecule has 1 fully saturated rings. The summed E-state index contributed by atoms with van der Waals surface area (Å²) in [5, 5.41) is 27.2. The van der Waals surface area contributed by atoms with Crippen molar-refractivity contribution in [2.75, 3.05) is 25.9 Å². The molecule has 2 rings (SSSR count). The first-order chi connectivity index (χ1) is 10.5. The minimum atomic E-state index is -3.50. The summed E-state index contributed by atoms with van der Waals surface area (Å²) in [6.07, 6.45) is -0.145. The van der Waals surface area contributed by atoms with Gasteiger partial charge in [-0.15, -0.1) is 0 Å². The van der Waals surface area contributed by atoms with Crippen molar-refractivity contribution in [3.63, 3.8) is 0 Å². The third kappa shape index (κ3) is 4.08. The molecule has 9 nitrogen and oxygen atoms in total. The summed E-state index contributed by atoms with van der Waals surface area (Å²) in [5.41, 5.74) is 0.613. The number of aromatic amines is 1. The normalized spacial score (nSPS) is 25.1. The highest BCUT2D eigenvalue weighted by Gasteiger charge is 2.46. The van der Waals surface area contributed by atoms with Gasteiger partial charge in [-0.1, -0.05) is 0 Å². The molecule has 1 aromatic heterocycles. The molecule has 130 valence electrons. The number of aromatic nitrogens is 2. The van der Waals surface area contributed by atoms with Crippen LogP contribution in [0.5, 0.6) is 0 Å². The molecule has 0 unspecified atom stereocenters. The third-order valence-electron chi connectivity index (χ3n) is 4.08. The monoisotopic (exact) mass is 346 g/mol. The van der Waals surface area contributed by atoms with E-state index < -0.39 is 21.7 Å². The van der Waals surface area contributed by atoms with Crippen LogP contribution < -0.4 is 4.72 Å². The van der Waals surface area contributed by atoms with Crippen LogP contribution in [0.25, 0.3) is 0 Å². The SMILES string of the molecule is Cc1n[nH]c(C)c1CC(=O)N1C[C@@H](O)[C@](O)(CNS(C)(=O)=O)C1. The van der Waals surface area contributed by atoms with Crippen molar-refractivity contribution >= 4 is 15.9 Å². The summed E-state index contributed by atoms with van der Waals surface area (Å²) in [5.74, 6) is -0.257. The Morgan fingerprint density at radius 2 is 2.17 bits per heavy atom. The lowest BCUT2D eigenvalue weighted by Gasteiger charge is -2.25. The van der Waals surface area contributed by atoms with Gasteiger partial charge in [0.2, 0.25) is 15.9 Å². The number of aliphatic hydroxyl groups is 2. The highest BCUT2D eigenvalue weighted by Crippen LogP contribution is 2.23. The minimum absolute atomic E-state index is 0.0449. The molecule has 1 aromatic rings. The molecule has 1 amide bonds. The highest BCUT2D eigenvalue weighted by molar-refractivity contribution is 7.88. The van der Waals surface area contributed by atoms with Gasteiger partial charge in [-0.25, -0.2) is 13.1 Å². The van der Waals surface area contributed by atoms with Gasteiger partial charge < -0.3 is 15.1 Å². The molecule has 2 heterocycles. The topological polar surface area (TPSA) is 136 Å². The Bertz CT molecular complexity index is 682. The zero-order valence-corrected chi connectivity index (χ0v) is 14.1. The number of carbonyl (C=O) groups excluding carboxylic acids is 1. The largest absolute Gasteiger partial charge is 0.388 e. The lowest BCUT2D eigenvalue weighted by atomic mass is 10.0. The number of likely N-dealkylation sites (tertiary alicyclic amines) is 1. The molecule has 0 aliphatic carbocycles. The van der Waals surface area contributed by atoms with Crippen molar-refractivity contribution in [1.29, 1.82) is 0 Å². The van der Waals surface area contributed by atoms with E-state index in [9.17, 15) is 23.4 Å². The van der Waals surface area contributed by atoms with Crippen LogP contribution in [0.4, 0.5) is 0 Å². The molecule has 0 spiro atoms. The van der Waals surface area contributed by atoms with Crippen molar-refractivity contribution in [1.82, 2.24) is 19.8 Å². The summed E-state index contributed by atoms with van der Waals surface area (Å²) in [7, 11) is -3.50. The van der Waals surface area contributed by atoms with Crippen LogP contribution in [-0.2, 0) is 21.2 Å². The van der Waals surface area contributed by atoms with Gasteiger partial charge in [0.25, 0.3) is 0 Å². The minimum Gasteiger partial charge on any atom is -0.388 e. The molecule has 1 aliphatic heterocycles. The van der Waals surface area contributed by atoms with E-state index in [1.54, 1.807) is 6.92 Å². The van der Waals surface area contributed by atoms with Gasteiger partial charge >= 0.3 is 0 Å². The van der Waals surface area contributed by atoms with E-state index in [-0.39, 0.29) is 32.0 Å². The lowest BCUT2D eigenvalue weighted by Crippen LogP contribution is -2.51. The molecule has 0 bridgehead atoms. The van der Waals surface area contributed by atoms with Gasteiger partial charge in [0, 0.05) is 24.3 Å². The number of aryl methyl sites for hydroxylation is 2. The van der Waals surface area contributed by atoms with Crippen LogP contribution >= 0.6 is 0 Å². The van der Waals surface area contributed by atoms with E-state index in [1.165, 1.54) is 4.90 Å². The Balaban J connectivity index is 2.04. The van der Waals surface area contributed by atoms with E-state index in [1.807, 2.05) is 6.92 Å². The molecule has 0 radical (unpaired) electrons. The Labute approximate surface area is 134 Å². The standard InChI is InChI=1S/C13H22N4O5S/c1-8-10(9(2)16-15-8)4-12(19)17-5-11(18)13(20,7-17)6-14-23(3,21)22/h11,14,18,20H,4-7H2,1-3H3,(H,15,16)/t11-,13+/m1/s1. The van der Waals surface area contributed by atoms with Crippen molar-refractivity contribution in [3.05, 3.63) is 17.0 Å². The van der Waals surface area contributed by atoms with Gasteiger partial charge in [-0.05, 0) is 13.8 Å². The Morgan fingerprint density at radius 3 is 2.70 bits per heavy atom. The lowest BCUT2D eigenvalue weighted by molar-refractivity contribution is -0.130. The Morgan fingerprint density at radius 1 is 1.52 bits per heavy atom. The number of nitrogens with zero attached hydrogens (tertiary/aromatic N) is 2. The predicted octanol–water partition coefficient (Wildman–Crippen LogP) is -1.95. The van der Waals surface area contributed by atoms with E-state index in [0.29, 0.717) is 0 Å². The first kappa shape index (κ1) is 17.9. The summed E-state index contributed by atoms with van der Waals surface area (Å²) in [4.78, 5) is 13.7. The van der Waals surface area contributed by atoms with Crippen LogP contribution in [0.15, 0.2) is 0 Å². The van der Waals surface area contributed by atoms with E-state index in [0.717, 1.165) is 23.2 Å². The van der Waals surface area contributed by atoms with Gasteiger partial charge in [0.1, 0.15) is 11.7 Å².